The van der Waals surface area contributed by atoms with Gasteiger partial charge < -0.3 is 4.90 Å². The first-order chi connectivity index (χ1) is 16.4. The van der Waals surface area contributed by atoms with Crippen molar-refractivity contribution in [1.82, 2.24) is 24.6 Å². The third kappa shape index (κ3) is 6.27. The molecule has 7 heteroatoms. The second kappa shape index (κ2) is 11.2. The van der Waals surface area contributed by atoms with Crippen LogP contribution in [0, 0.1) is 0 Å². The van der Waals surface area contributed by atoms with E-state index in [1.54, 1.807) is 0 Å². The summed E-state index contributed by atoms with van der Waals surface area (Å²) in [6.45, 7) is 9.82. The third-order valence-electron chi connectivity index (χ3n) is 6.15. The Kier molecular flexibility index (Phi) is 8.06. The molecular weight excluding hydrogens is 442 g/mol. The van der Waals surface area contributed by atoms with E-state index in [0.29, 0.717) is 12.3 Å². The van der Waals surface area contributed by atoms with Gasteiger partial charge in [0.1, 0.15) is 0 Å². The number of aromatic nitrogens is 3. The van der Waals surface area contributed by atoms with Crippen molar-refractivity contribution in [3.05, 3.63) is 72.1 Å². The fourth-order valence-electron chi connectivity index (χ4n) is 4.32. The van der Waals surface area contributed by atoms with Gasteiger partial charge >= 0.3 is 0 Å². The number of hydrogen-bond acceptors (Lipinski definition) is 5. The zero-order chi connectivity index (χ0) is 24.0. The van der Waals surface area contributed by atoms with Crippen LogP contribution in [0.1, 0.15) is 51.4 Å². The van der Waals surface area contributed by atoms with E-state index < -0.39 is 0 Å². The van der Waals surface area contributed by atoms with Gasteiger partial charge in [0, 0.05) is 17.8 Å². The SMILES string of the molecule is CC(C)(C)N(Cc1ccccc1)C(=O)CSc1nnc(CN2CCCCC2)n1-c1ccccc1. The predicted molar refractivity (Wildman–Crippen MR) is 138 cm³/mol. The molecule has 3 aromatic rings. The average Bonchev–Trinajstić information content (AvgIpc) is 3.24. The van der Waals surface area contributed by atoms with E-state index in [4.69, 9.17) is 0 Å². The average molecular weight is 478 g/mol. The molecule has 1 amide bonds. The lowest BCUT2D eigenvalue weighted by Crippen LogP contribution is -2.45. The van der Waals surface area contributed by atoms with Crippen molar-refractivity contribution in [3.8, 4) is 5.69 Å². The van der Waals surface area contributed by atoms with E-state index in [9.17, 15) is 4.79 Å². The number of benzene rings is 2. The summed E-state index contributed by atoms with van der Waals surface area (Å²) in [5, 5.41) is 9.83. The van der Waals surface area contributed by atoms with Crippen LogP contribution >= 0.6 is 11.8 Å². The van der Waals surface area contributed by atoms with Gasteiger partial charge in [-0.15, -0.1) is 10.2 Å². The zero-order valence-corrected chi connectivity index (χ0v) is 21.3. The van der Waals surface area contributed by atoms with Gasteiger partial charge in [0.25, 0.3) is 0 Å². The van der Waals surface area contributed by atoms with Crippen molar-refractivity contribution >= 4 is 17.7 Å². The quantitative estimate of drug-likeness (QED) is 0.419. The van der Waals surface area contributed by atoms with Gasteiger partial charge in [0.2, 0.25) is 5.91 Å². The van der Waals surface area contributed by atoms with Gasteiger partial charge in [0.05, 0.1) is 12.3 Å². The molecule has 0 spiro atoms. The van der Waals surface area contributed by atoms with Crippen LogP contribution in [0.2, 0.25) is 0 Å². The van der Waals surface area contributed by atoms with E-state index in [1.165, 1.54) is 31.0 Å². The fourth-order valence-corrected chi connectivity index (χ4v) is 5.17. The smallest absolute Gasteiger partial charge is 0.233 e. The summed E-state index contributed by atoms with van der Waals surface area (Å²) in [5.41, 5.74) is 1.89. The van der Waals surface area contributed by atoms with E-state index in [2.05, 4.69) is 64.7 Å². The standard InChI is InChI=1S/C27H35N5OS/c1-27(2,3)31(19-22-13-7-4-8-14-22)25(33)21-34-26-29-28-24(20-30-17-11-6-12-18-30)32(26)23-15-9-5-10-16-23/h4-5,7-10,13-16H,6,11-12,17-21H2,1-3H3. The number of carbonyl (C=O) groups is 1. The highest BCUT2D eigenvalue weighted by Gasteiger charge is 2.27. The molecule has 0 aliphatic carbocycles. The van der Waals surface area contributed by atoms with Gasteiger partial charge in [0.15, 0.2) is 11.0 Å². The molecule has 0 saturated carbocycles. The second-order valence-corrected chi connectivity index (χ2v) is 10.8. The summed E-state index contributed by atoms with van der Waals surface area (Å²) in [6, 6.07) is 20.4. The number of piperidine rings is 1. The van der Waals surface area contributed by atoms with Crippen LogP contribution in [0.25, 0.3) is 5.69 Å². The zero-order valence-electron chi connectivity index (χ0n) is 20.5. The molecule has 1 aliphatic heterocycles. The van der Waals surface area contributed by atoms with Crippen LogP contribution in [0.15, 0.2) is 65.8 Å². The number of nitrogens with zero attached hydrogens (tertiary/aromatic N) is 5. The summed E-state index contributed by atoms with van der Waals surface area (Å²) in [4.78, 5) is 17.8. The Labute approximate surface area is 207 Å². The van der Waals surface area contributed by atoms with Gasteiger partial charge in [-0.1, -0.05) is 66.7 Å². The Bertz CT molecular complexity index is 1060. The minimum atomic E-state index is -0.278. The Hall–Kier alpha value is -2.64. The lowest BCUT2D eigenvalue weighted by molar-refractivity contribution is -0.133. The molecule has 2 heterocycles. The molecule has 34 heavy (non-hydrogen) atoms. The molecule has 1 fully saturated rings. The molecule has 180 valence electrons. The second-order valence-electron chi connectivity index (χ2n) is 9.83. The number of hydrogen-bond donors (Lipinski definition) is 0. The molecule has 4 rings (SSSR count). The Morgan fingerprint density at radius 1 is 0.941 bits per heavy atom. The first-order valence-corrected chi connectivity index (χ1v) is 13.1. The Morgan fingerprint density at radius 2 is 1.59 bits per heavy atom. The lowest BCUT2D eigenvalue weighted by Gasteiger charge is -2.36. The van der Waals surface area contributed by atoms with E-state index in [-0.39, 0.29) is 11.4 Å². The summed E-state index contributed by atoms with van der Waals surface area (Å²) in [7, 11) is 0. The normalized spacial score (nSPS) is 14.8. The van der Waals surface area contributed by atoms with Crippen molar-refractivity contribution in [3.63, 3.8) is 0 Å². The highest BCUT2D eigenvalue weighted by molar-refractivity contribution is 7.99. The van der Waals surface area contributed by atoms with Gasteiger partial charge in [-0.25, -0.2) is 0 Å². The topological polar surface area (TPSA) is 54.3 Å². The number of para-hydroxylation sites is 1. The van der Waals surface area contributed by atoms with E-state index in [0.717, 1.165) is 41.9 Å². The maximum atomic E-state index is 13.4. The summed E-state index contributed by atoms with van der Waals surface area (Å²) in [6.07, 6.45) is 3.78. The predicted octanol–water partition coefficient (Wildman–Crippen LogP) is 5.17. The molecular formula is C27H35N5OS. The van der Waals surface area contributed by atoms with Gasteiger partial charge in [-0.3, -0.25) is 14.3 Å². The van der Waals surface area contributed by atoms with Crippen LogP contribution in [-0.2, 0) is 17.9 Å². The van der Waals surface area contributed by atoms with Crippen LogP contribution in [-0.4, -0.2) is 54.9 Å². The fraction of sp³-hybridized carbons (Fsp3) is 0.444. The molecule has 0 unspecified atom stereocenters. The molecule has 0 radical (unpaired) electrons. The van der Waals surface area contributed by atoms with E-state index >= 15 is 0 Å². The summed E-state index contributed by atoms with van der Waals surface area (Å²) < 4.78 is 2.12. The molecule has 0 bridgehead atoms. The monoisotopic (exact) mass is 477 g/mol. The Morgan fingerprint density at radius 3 is 2.24 bits per heavy atom. The van der Waals surface area contributed by atoms with Crippen molar-refractivity contribution < 1.29 is 4.79 Å². The molecule has 6 nitrogen and oxygen atoms in total. The summed E-state index contributed by atoms with van der Waals surface area (Å²) >= 11 is 1.47. The minimum Gasteiger partial charge on any atom is -0.333 e. The summed E-state index contributed by atoms with van der Waals surface area (Å²) in [5.74, 6) is 1.35. The number of amides is 1. The number of likely N-dealkylation sites (tertiary alicyclic amines) is 1. The van der Waals surface area contributed by atoms with Crippen molar-refractivity contribution in [2.24, 2.45) is 0 Å². The number of rotatable bonds is 8. The molecule has 1 saturated heterocycles. The van der Waals surface area contributed by atoms with Crippen molar-refractivity contribution in [1.29, 1.82) is 0 Å². The van der Waals surface area contributed by atoms with Crippen LogP contribution in [0.3, 0.4) is 0 Å². The highest BCUT2D eigenvalue weighted by atomic mass is 32.2. The molecule has 0 atom stereocenters. The van der Waals surface area contributed by atoms with Crippen LogP contribution in [0.4, 0.5) is 0 Å². The van der Waals surface area contributed by atoms with Gasteiger partial charge in [-0.2, -0.15) is 0 Å². The lowest BCUT2D eigenvalue weighted by atomic mass is 10.0. The first-order valence-electron chi connectivity index (χ1n) is 12.1. The van der Waals surface area contributed by atoms with Crippen LogP contribution in [0.5, 0.6) is 0 Å². The third-order valence-corrected chi connectivity index (χ3v) is 7.06. The van der Waals surface area contributed by atoms with Crippen molar-refractivity contribution in [2.75, 3.05) is 18.8 Å². The maximum absolute atomic E-state index is 13.4. The van der Waals surface area contributed by atoms with Crippen molar-refractivity contribution in [2.45, 2.75) is 63.8 Å². The molecule has 1 aromatic heterocycles. The molecule has 2 aromatic carbocycles. The number of carbonyl (C=O) groups excluding carboxylic acids is 1. The van der Waals surface area contributed by atoms with Crippen LogP contribution < -0.4 is 0 Å². The largest absolute Gasteiger partial charge is 0.333 e. The Balaban J connectivity index is 1.52. The minimum absolute atomic E-state index is 0.0987. The van der Waals surface area contributed by atoms with Gasteiger partial charge in [-0.05, 0) is 64.4 Å². The van der Waals surface area contributed by atoms with E-state index in [1.807, 2.05) is 41.3 Å². The number of thioether (sulfide) groups is 1. The maximum Gasteiger partial charge on any atom is 0.233 e. The first kappa shape index (κ1) is 24.5. The highest BCUT2D eigenvalue weighted by Crippen LogP contribution is 2.26. The molecule has 0 N–H and O–H groups in total. The molecule has 1 aliphatic rings.